The lowest BCUT2D eigenvalue weighted by atomic mass is 9.81. The van der Waals surface area contributed by atoms with Gasteiger partial charge in [0.15, 0.2) is 0 Å². The fraction of sp³-hybridized carbons (Fsp3) is 0.316. The molecular formula is C19H21NO3. The highest BCUT2D eigenvalue weighted by Crippen LogP contribution is 2.45. The van der Waals surface area contributed by atoms with Gasteiger partial charge in [-0.05, 0) is 17.5 Å². The normalized spacial score (nSPS) is 16.5. The summed E-state index contributed by atoms with van der Waals surface area (Å²) in [5.74, 6) is 1.43. The lowest BCUT2D eigenvalue weighted by Crippen LogP contribution is -2.24. The Balaban J connectivity index is 2.20. The highest BCUT2D eigenvalue weighted by Gasteiger charge is 2.31. The maximum absolute atomic E-state index is 12.2. The molecule has 0 saturated carbocycles. The van der Waals surface area contributed by atoms with Crippen molar-refractivity contribution in [1.82, 2.24) is 0 Å². The van der Waals surface area contributed by atoms with E-state index in [0.717, 1.165) is 23.4 Å². The first-order chi connectivity index (χ1) is 11.2. The number of carbonyl (C=O) groups is 1. The summed E-state index contributed by atoms with van der Waals surface area (Å²) in [6, 6.07) is 12.0. The Kier molecular flexibility index (Phi) is 4.24. The van der Waals surface area contributed by atoms with Crippen LogP contribution in [-0.2, 0) is 11.2 Å². The molecule has 3 rings (SSSR count). The largest absolute Gasteiger partial charge is 0.497 e. The highest BCUT2D eigenvalue weighted by molar-refractivity contribution is 5.96. The molecule has 0 aliphatic carbocycles. The number of hydrogen-bond acceptors (Lipinski definition) is 3. The minimum atomic E-state index is -0.00393. The quantitative estimate of drug-likeness (QED) is 0.935. The van der Waals surface area contributed by atoms with E-state index in [0.29, 0.717) is 12.2 Å². The van der Waals surface area contributed by atoms with E-state index in [1.807, 2.05) is 24.3 Å². The van der Waals surface area contributed by atoms with Crippen LogP contribution < -0.4 is 14.8 Å². The van der Waals surface area contributed by atoms with Crippen molar-refractivity contribution in [2.45, 2.75) is 25.7 Å². The third kappa shape index (κ3) is 2.77. The summed E-state index contributed by atoms with van der Waals surface area (Å²) >= 11 is 0. The molecule has 0 saturated heterocycles. The number of methoxy groups -OCH3 is 2. The monoisotopic (exact) mass is 311 g/mol. The van der Waals surface area contributed by atoms with Gasteiger partial charge in [0.05, 0.1) is 19.9 Å². The molecule has 0 aromatic heterocycles. The van der Waals surface area contributed by atoms with Gasteiger partial charge in [-0.1, -0.05) is 31.2 Å². The SMILES string of the molecule is CCc1ccccc1C1CC(=O)Nc2cc(OC)cc(OC)c21. The van der Waals surface area contributed by atoms with Crippen LogP contribution in [-0.4, -0.2) is 20.1 Å². The number of fused-ring (bicyclic) bond motifs is 1. The van der Waals surface area contributed by atoms with Gasteiger partial charge in [-0.2, -0.15) is 0 Å². The second-order valence-electron chi connectivity index (χ2n) is 5.65. The van der Waals surface area contributed by atoms with E-state index < -0.39 is 0 Å². The van der Waals surface area contributed by atoms with Crippen LogP contribution >= 0.6 is 0 Å². The third-order valence-electron chi connectivity index (χ3n) is 4.39. The summed E-state index contributed by atoms with van der Waals surface area (Å²) in [6.07, 6.45) is 1.36. The molecule has 4 nitrogen and oxygen atoms in total. The van der Waals surface area contributed by atoms with Crippen LogP contribution in [0.5, 0.6) is 11.5 Å². The number of hydrogen-bond donors (Lipinski definition) is 1. The molecule has 1 atom stereocenters. The Labute approximate surface area is 136 Å². The van der Waals surface area contributed by atoms with Crippen molar-refractivity contribution in [3.63, 3.8) is 0 Å². The zero-order chi connectivity index (χ0) is 16.4. The average Bonchev–Trinajstić information content (AvgIpc) is 2.59. The van der Waals surface area contributed by atoms with E-state index in [1.165, 1.54) is 11.1 Å². The van der Waals surface area contributed by atoms with Crippen molar-refractivity contribution >= 4 is 11.6 Å². The summed E-state index contributed by atoms with van der Waals surface area (Å²) in [7, 11) is 3.25. The van der Waals surface area contributed by atoms with E-state index in [1.54, 1.807) is 14.2 Å². The molecular weight excluding hydrogens is 290 g/mol. The van der Waals surface area contributed by atoms with Crippen LogP contribution in [0.1, 0.15) is 36.0 Å². The Morgan fingerprint density at radius 1 is 1.17 bits per heavy atom. The molecule has 0 radical (unpaired) electrons. The molecule has 1 heterocycles. The van der Waals surface area contributed by atoms with Crippen molar-refractivity contribution in [2.24, 2.45) is 0 Å². The van der Waals surface area contributed by atoms with E-state index >= 15 is 0 Å². The van der Waals surface area contributed by atoms with Gasteiger partial charge < -0.3 is 14.8 Å². The number of nitrogens with one attached hydrogen (secondary N) is 1. The Morgan fingerprint density at radius 2 is 1.96 bits per heavy atom. The lowest BCUT2D eigenvalue weighted by Gasteiger charge is -2.29. The molecule has 23 heavy (non-hydrogen) atoms. The van der Waals surface area contributed by atoms with Crippen LogP contribution in [0.3, 0.4) is 0 Å². The Hall–Kier alpha value is -2.49. The standard InChI is InChI=1S/C19H21NO3/c1-4-12-7-5-6-8-14(12)15-11-18(21)20-16-9-13(22-2)10-17(23-3)19(15)16/h5-10,15H,4,11H2,1-3H3,(H,20,21). The number of carbonyl (C=O) groups excluding carboxylic acids is 1. The van der Waals surface area contributed by atoms with Crippen molar-refractivity contribution < 1.29 is 14.3 Å². The maximum atomic E-state index is 12.2. The topological polar surface area (TPSA) is 47.6 Å². The van der Waals surface area contributed by atoms with E-state index in [9.17, 15) is 4.79 Å². The number of ether oxygens (including phenoxy) is 2. The highest BCUT2D eigenvalue weighted by atomic mass is 16.5. The number of anilines is 1. The van der Waals surface area contributed by atoms with Crippen molar-refractivity contribution in [2.75, 3.05) is 19.5 Å². The first kappa shape index (κ1) is 15.4. The number of amides is 1. The molecule has 1 N–H and O–H groups in total. The fourth-order valence-electron chi connectivity index (χ4n) is 3.30. The minimum Gasteiger partial charge on any atom is -0.497 e. The predicted molar refractivity (Wildman–Crippen MR) is 90.5 cm³/mol. The van der Waals surface area contributed by atoms with Gasteiger partial charge in [0.25, 0.3) is 0 Å². The van der Waals surface area contributed by atoms with Gasteiger partial charge in [0.1, 0.15) is 11.5 Å². The zero-order valence-electron chi connectivity index (χ0n) is 13.7. The molecule has 2 aromatic carbocycles. The fourth-order valence-corrected chi connectivity index (χ4v) is 3.30. The number of aryl methyl sites for hydroxylation is 1. The molecule has 0 bridgehead atoms. The van der Waals surface area contributed by atoms with Gasteiger partial charge in [0, 0.05) is 30.0 Å². The number of rotatable bonds is 4. The summed E-state index contributed by atoms with van der Waals surface area (Å²) in [5.41, 5.74) is 4.24. The van der Waals surface area contributed by atoms with E-state index in [2.05, 4.69) is 24.4 Å². The molecule has 0 spiro atoms. The molecule has 0 fully saturated rings. The van der Waals surface area contributed by atoms with Crippen molar-refractivity contribution in [3.8, 4) is 11.5 Å². The van der Waals surface area contributed by atoms with Gasteiger partial charge in [0.2, 0.25) is 5.91 Å². The second kappa shape index (κ2) is 6.32. The maximum Gasteiger partial charge on any atom is 0.225 e. The lowest BCUT2D eigenvalue weighted by molar-refractivity contribution is -0.116. The molecule has 2 aromatic rings. The first-order valence-corrected chi connectivity index (χ1v) is 7.81. The molecule has 1 amide bonds. The predicted octanol–water partition coefficient (Wildman–Crippen LogP) is 3.74. The smallest absolute Gasteiger partial charge is 0.225 e. The summed E-state index contributed by atoms with van der Waals surface area (Å²) < 4.78 is 10.9. The minimum absolute atomic E-state index is 0.00393. The summed E-state index contributed by atoms with van der Waals surface area (Å²) in [5, 5.41) is 2.95. The van der Waals surface area contributed by atoms with Crippen molar-refractivity contribution in [3.05, 3.63) is 53.1 Å². The van der Waals surface area contributed by atoms with Crippen LogP contribution in [0.15, 0.2) is 36.4 Å². The molecule has 1 aliphatic rings. The molecule has 120 valence electrons. The molecule has 4 heteroatoms. The number of benzene rings is 2. The Bertz CT molecular complexity index is 739. The van der Waals surface area contributed by atoms with Crippen LogP contribution in [0.25, 0.3) is 0 Å². The Morgan fingerprint density at radius 3 is 2.65 bits per heavy atom. The van der Waals surface area contributed by atoms with E-state index in [4.69, 9.17) is 9.47 Å². The van der Waals surface area contributed by atoms with Gasteiger partial charge >= 0.3 is 0 Å². The van der Waals surface area contributed by atoms with Crippen molar-refractivity contribution in [1.29, 1.82) is 0 Å². The van der Waals surface area contributed by atoms with E-state index in [-0.39, 0.29) is 11.8 Å². The third-order valence-corrected chi connectivity index (χ3v) is 4.39. The zero-order valence-corrected chi connectivity index (χ0v) is 13.7. The van der Waals surface area contributed by atoms with Crippen LogP contribution in [0.2, 0.25) is 0 Å². The van der Waals surface area contributed by atoms with Gasteiger partial charge in [-0.25, -0.2) is 0 Å². The van der Waals surface area contributed by atoms with Gasteiger partial charge in [-0.15, -0.1) is 0 Å². The van der Waals surface area contributed by atoms with Crippen LogP contribution in [0, 0.1) is 0 Å². The molecule has 1 unspecified atom stereocenters. The molecule has 1 aliphatic heterocycles. The summed E-state index contributed by atoms with van der Waals surface area (Å²) in [4.78, 5) is 12.2. The van der Waals surface area contributed by atoms with Gasteiger partial charge in [-0.3, -0.25) is 4.79 Å². The summed E-state index contributed by atoms with van der Waals surface area (Å²) in [6.45, 7) is 2.13. The first-order valence-electron chi connectivity index (χ1n) is 7.81. The van der Waals surface area contributed by atoms with Crippen LogP contribution in [0.4, 0.5) is 5.69 Å². The average molecular weight is 311 g/mol. The second-order valence-corrected chi connectivity index (χ2v) is 5.65.